The van der Waals surface area contributed by atoms with Gasteiger partial charge in [-0.15, -0.1) is 11.3 Å². The van der Waals surface area contributed by atoms with E-state index in [9.17, 15) is 4.79 Å². The molecule has 0 bridgehead atoms. The topological polar surface area (TPSA) is 54.9 Å². The molecule has 0 aliphatic carbocycles. The minimum atomic E-state index is -0.155. The minimum absolute atomic E-state index is 0.155. The Morgan fingerprint density at radius 2 is 2.05 bits per heavy atom. The summed E-state index contributed by atoms with van der Waals surface area (Å²) in [6.07, 6.45) is 1.72. The van der Waals surface area contributed by atoms with Gasteiger partial charge in [0.1, 0.15) is 0 Å². The van der Waals surface area contributed by atoms with Gasteiger partial charge in [0.2, 0.25) is 0 Å². The first kappa shape index (κ1) is 12.7. The minimum Gasteiger partial charge on any atom is -0.298 e. The molecule has 2 aromatic heterocycles. The standard InChI is InChI=1S/C15H13N3OS/c1-9-10(2)20-15(17-9)18-14(19)12-5-3-7-13-11(12)6-4-8-16-13/h3-8H,1-2H3,(H,17,18,19). The third kappa shape index (κ3) is 2.28. The fraction of sp³-hybridized carbons (Fsp3) is 0.133. The molecule has 0 spiro atoms. The van der Waals surface area contributed by atoms with E-state index in [-0.39, 0.29) is 5.91 Å². The third-order valence-electron chi connectivity index (χ3n) is 3.14. The maximum absolute atomic E-state index is 12.4. The smallest absolute Gasteiger partial charge is 0.258 e. The van der Waals surface area contributed by atoms with Crippen molar-refractivity contribution < 1.29 is 4.79 Å². The molecule has 0 aliphatic heterocycles. The van der Waals surface area contributed by atoms with Gasteiger partial charge in [0.15, 0.2) is 5.13 Å². The molecule has 4 nitrogen and oxygen atoms in total. The largest absolute Gasteiger partial charge is 0.298 e. The van der Waals surface area contributed by atoms with Gasteiger partial charge in [0.25, 0.3) is 5.91 Å². The quantitative estimate of drug-likeness (QED) is 0.782. The van der Waals surface area contributed by atoms with E-state index in [2.05, 4.69) is 15.3 Å². The number of pyridine rings is 1. The zero-order valence-electron chi connectivity index (χ0n) is 11.2. The maximum Gasteiger partial charge on any atom is 0.258 e. The molecule has 0 unspecified atom stereocenters. The predicted molar refractivity (Wildman–Crippen MR) is 81.3 cm³/mol. The monoisotopic (exact) mass is 283 g/mol. The number of fused-ring (bicyclic) bond motifs is 1. The van der Waals surface area contributed by atoms with E-state index >= 15 is 0 Å². The summed E-state index contributed by atoms with van der Waals surface area (Å²) in [6, 6.07) is 9.26. The molecule has 0 aliphatic rings. The van der Waals surface area contributed by atoms with Crippen LogP contribution in [0.3, 0.4) is 0 Å². The van der Waals surface area contributed by atoms with Crippen LogP contribution in [0.5, 0.6) is 0 Å². The third-order valence-corrected chi connectivity index (χ3v) is 4.13. The number of anilines is 1. The van der Waals surface area contributed by atoms with E-state index in [0.29, 0.717) is 10.7 Å². The van der Waals surface area contributed by atoms with Crippen LogP contribution in [0.25, 0.3) is 10.9 Å². The number of carbonyl (C=O) groups is 1. The molecule has 0 saturated carbocycles. The van der Waals surface area contributed by atoms with Crippen LogP contribution < -0.4 is 5.32 Å². The van der Waals surface area contributed by atoms with Crippen molar-refractivity contribution in [3.63, 3.8) is 0 Å². The van der Waals surface area contributed by atoms with Crippen molar-refractivity contribution in [3.05, 3.63) is 52.7 Å². The fourth-order valence-electron chi connectivity index (χ4n) is 1.99. The van der Waals surface area contributed by atoms with Gasteiger partial charge in [0, 0.05) is 22.0 Å². The van der Waals surface area contributed by atoms with Crippen molar-refractivity contribution in [3.8, 4) is 0 Å². The lowest BCUT2D eigenvalue weighted by Crippen LogP contribution is -2.12. The lowest BCUT2D eigenvalue weighted by atomic mass is 10.1. The normalized spacial score (nSPS) is 10.7. The van der Waals surface area contributed by atoms with E-state index in [1.807, 2.05) is 38.1 Å². The molecule has 100 valence electrons. The first-order valence-electron chi connectivity index (χ1n) is 6.24. The molecular formula is C15H13N3OS. The molecule has 0 fully saturated rings. The zero-order chi connectivity index (χ0) is 14.1. The van der Waals surface area contributed by atoms with Gasteiger partial charge in [-0.05, 0) is 32.0 Å². The van der Waals surface area contributed by atoms with Crippen molar-refractivity contribution >= 4 is 33.3 Å². The van der Waals surface area contributed by atoms with Crippen LogP contribution in [0.1, 0.15) is 20.9 Å². The van der Waals surface area contributed by atoms with Gasteiger partial charge in [-0.1, -0.05) is 12.1 Å². The molecule has 1 amide bonds. The van der Waals surface area contributed by atoms with Crippen molar-refractivity contribution in [2.45, 2.75) is 13.8 Å². The molecule has 2 heterocycles. The average Bonchev–Trinajstić information content (AvgIpc) is 2.76. The summed E-state index contributed by atoms with van der Waals surface area (Å²) in [5.41, 5.74) is 2.37. The Balaban J connectivity index is 1.96. The Morgan fingerprint density at radius 1 is 1.20 bits per heavy atom. The number of nitrogens with zero attached hydrogens (tertiary/aromatic N) is 2. The average molecular weight is 283 g/mol. The Morgan fingerprint density at radius 3 is 2.80 bits per heavy atom. The zero-order valence-corrected chi connectivity index (χ0v) is 12.0. The highest BCUT2D eigenvalue weighted by molar-refractivity contribution is 7.15. The highest BCUT2D eigenvalue weighted by atomic mass is 32.1. The first-order chi connectivity index (χ1) is 9.65. The number of benzene rings is 1. The Bertz CT molecular complexity index is 770. The first-order valence-corrected chi connectivity index (χ1v) is 7.06. The highest BCUT2D eigenvalue weighted by Crippen LogP contribution is 2.23. The summed E-state index contributed by atoms with van der Waals surface area (Å²) < 4.78 is 0. The summed E-state index contributed by atoms with van der Waals surface area (Å²) in [7, 11) is 0. The van der Waals surface area contributed by atoms with Crippen molar-refractivity contribution in [2.24, 2.45) is 0 Å². The van der Waals surface area contributed by atoms with Gasteiger partial charge in [-0.2, -0.15) is 0 Å². The van der Waals surface area contributed by atoms with Crippen LogP contribution in [0.2, 0.25) is 0 Å². The van der Waals surface area contributed by atoms with Crippen molar-refractivity contribution in [1.82, 2.24) is 9.97 Å². The van der Waals surface area contributed by atoms with Crippen LogP contribution in [-0.2, 0) is 0 Å². The van der Waals surface area contributed by atoms with E-state index in [0.717, 1.165) is 21.5 Å². The molecule has 1 aromatic carbocycles. The summed E-state index contributed by atoms with van der Waals surface area (Å²) in [6.45, 7) is 3.92. The number of hydrogen-bond acceptors (Lipinski definition) is 4. The predicted octanol–water partition coefficient (Wildman–Crippen LogP) is 3.56. The molecular weight excluding hydrogens is 270 g/mol. The molecule has 3 aromatic rings. The number of aromatic nitrogens is 2. The second kappa shape index (κ2) is 5.02. The molecule has 3 rings (SSSR count). The SMILES string of the molecule is Cc1nc(NC(=O)c2cccc3ncccc23)sc1C. The van der Waals surface area contributed by atoms with Crippen LogP contribution in [-0.4, -0.2) is 15.9 Å². The van der Waals surface area contributed by atoms with E-state index in [1.165, 1.54) is 11.3 Å². The van der Waals surface area contributed by atoms with Crippen molar-refractivity contribution in [1.29, 1.82) is 0 Å². The van der Waals surface area contributed by atoms with Crippen LogP contribution in [0, 0.1) is 13.8 Å². The Hall–Kier alpha value is -2.27. The van der Waals surface area contributed by atoms with Gasteiger partial charge in [-0.3, -0.25) is 15.1 Å². The van der Waals surface area contributed by atoms with E-state index in [1.54, 1.807) is 12.3 Å². The summed E-state index contributed by atoms with van der Waals surface area (Å²) >= 11 is 1.48. The van der Waals surface area contributed by atoms with Crippen LogP contribution in [0.15, 0.2) is 36.5 Å². The van der Waals surface area contributed by atoms with Gasteiger partial charge in [0.05, 0.1) is 11.2 Å². The van der Waals surface area contributed by atoms with Gasteiger partial charge < -0.3 is 0 Å². The molecule has 20 heavy (non-hydrogen) atoms. The summed E-state index contributed by atoms with van der Waals surface area (Å²) in [5.74, 6) is -0.155. The van der Waals surface area contributed by atoms with Gasteiger partial charge >= 0.3 is 0 Å². The van der Waals surface area contributed by atoms with Crippen molar-refractivity contribution in [2.75, 3.05) is 5.32 Å². The van der Waals surface area contributed by atoms with Crippen LogP contribution in [0.4, 0.5) is 5.13 Å². The van der Waals surface area contributed by atoms with Gasteiger partial charge in [-0.25, -0.2) is 4.98 Å². The highest BCUT2D eigenvalue weighted by Gasteiger charge is 2.12. The fourth-order valence-corrected chi connectivity index (χ4v) is 2.80. The molecule has 5 heteroatoms. The summed E-state index contributed by atoms with van der Waals surface area (Å²) in [4.78, 5) is 22.1. The number of aryl methyl sites for hydroxylation is 2. The number of amides is 1. The lowest BCUT2D eigenvalue weighted by Gasteiger charge is -2.05. The Kier molecular flexibility index (Phi) is 3.20. The maximum atomic E-state index is 12.4. The summed E-state index contributed by atoms with van der Waals surface area (Å²) in [5, 5.41) is 4.33. The Labute approximate surface area is 120 Å². The van der Waals surface area contributed by atoms with E-state index in [4.69, 9.17) is 0 Å². The second-order valence-corrected chi connectivity index (χ2v) is 5.69. The van der Waals surface area contributed by atoms with E-state index < -0.39 is 0 Å². The number of nitrogens with one attached hydrogen (secondary N) is 1. The number of rotatable bonds is 2. The second-order valence-electron chi connectivity index (χ2n) is 4.49. The molecule has 0 radical (unpaired) electrons. The molecule has 1 N–H and O–H groups in total. The number of thiazole rings is 1. The number of carbonyl (C=O) groups excluding carboxylic acids is 1. The lowest BCUT2D eigenvalue weighted by molar-refractivity contribution is 0.102. The van der Waals surface area contributed by atoms with Crippen LogP contribution >= 0.6 is 11.3 Å². The molecule has 0 atom stereocenters. The molecule has 0 saturated heterocycles. The number of hydrogen-bond donors (Lipinski definition) is 1.